The van der Waals surface area contributed by atoms with E-state index in [0.29, 0.717) is 5.95 Å². The molecule has 0 aliphatic heterocycles. The zero-order valence-corrected chi connectivity index (χ0v) is 15.4. The molecule has 2 aromatic rings. The van der Waals surface area contributed by atoms with Crippen LogP contribution in [0.25, 0.3) is 0 Å². The van der Waals surface area contributed by atoms with Crippen molar-refractivity contribution in [3.63, 3.8) is 0 Å². The molecule has 0 amide bonds. The van der Waals surface area contributed by atoms with Crippen molar-refractivity contribution in [1.82, 2.24) is 14.9 Å². The van der Waals surface area contributed by atoms with E-state index in [0.717, 1.165) is 49.0 Å². The fourth-order valence-electron chi connectivity index (χ4n) is 2.36. The van der Waals surface area contributed by atoms with Gasteiger partial charge in [-0.2, -0.15) is 4.98 Å². The second-order valence-corrected chi connectivity index (χ2v) is 6.54. The lowest BCUT2D eigenvalue weighted by atomic mass is 10.1. The summed E-state index contributed by atoms with van der Waals surface area (Å²) in [6.45, 7) is 4.69. The molecule has 2 rings (SSSR count). The first-order valence-corrected chi connectivity index (χ1v) is 8.63. The highest BCUT2D eigenvalue weighted by molar-refractivity contribution is 6.30. The van der Waals surface area contributed by atoms with Crippen LogP contribution in [-0.2, 0) is 6.42 Å². The van der Waals surface area contributed by atoms with E-state index in [1.54, 1.807) is 0 Å². The average Bonchev–Trinajstić information content (AvgIpc) is 2.51. The number of nitrogens with one attached hydrogen (secondary N) is 2. The van der Waals surface area contributed by atoms with Gasteiger partial charge in [-0.05, 0) is 58.1 Å². The minimum atomic E-state index is 0.680. The first kappa shape index (κ1) is 18.5. The molecule has 0 spiro atoms. The van der Waals surface area contributed by atoms with Crippen LogP contribution in [0.5, 0.6) is 0 Å². The van der Waals surface area contributed by atoms with Gasteiger partial charge < -0.3 is 15.5 Å². The van der Waals surface area contributed by atoms with E-state index in [2.05, 4.69) is 45.7 Å². The molecular formula is C18H26ClN5. The number of aryl methyl sites for hydroxylation is 1. The van der Waals surface area contributed by atoms with Gasteiger partial charge in [0.15, 0.2) is 0 Å². The van der Waals surface area contributed by atoms with E-state index >= 15 is 0 Å². The Kier molecular flexibility index (Phi) is 7.28. The summed E-state index contributed by atoms with van der Waals surface area (Å²) in [6.07, 6.45) is 1.96. The molecule has 5 nitrogen and oxygen atoms in total. The highest BCUT2D eigenvalue weighted by atomic mass is 35.5. The highest BCUT2D eigenvalue weighted by Crippen LogP contribution is 2.13. The zero-order valence-electron chi connectivity index (χ0n) is 14.6. The van der Waals surface area contributed by atoms with Crippen molar-refractivity contribution in [3.05, 3.63) is 46.6 Å². The third-order valence-electron chi connectivity index (χ3n) is 3.53. The molecule has 0 aliphatic carbocycles. The van der Waals surface area contributed by atoms with E-state index in [1.165, 1.54) is 5.56 Å². The van der Waals surface area contributed by atoms with Crippen LogP contribution in [-0.4, -0.2) is 48.6 Å². The van der Waals surface area contributed by atoms with E-state index in [-0.39, 0.29) is 0 Å². The fraction of sp³-hybridized carbons (Fsp3) is 0.444. The number of anilines is 2. The topological polar surface area (TPSA) is 53.1 Å². The van der Waals surface area contributed by atoms with Gasteiger partial charge in [0.1, 0.15) is 5.82 Å². The molecule has 0 aliphatic rings. The maximum absolute atomic E-state index is 6.01. The largest absolute Gasteiger partial charge is 0.370 e. The first-order chi connectivity index (χ1) is 11.5. The van der Waals surface area contributed by atoms with Crippen molar-refractivity contribution in [2.45, 2.75) is 19.8 Å². The van der Waals surface area contributed by atoms with Gasteiger partial charge in [-0.25, -0.2) is 4.98 Å². The summed E-state index contributed by atoms with van der Waals surface area (Å²) in [5.74, 6) is 1.53. The first-order valence-electron chi connectivity index (χ1n) is 8.25. The van der Waals surface area contributed by atoms with E-state index in [1.807, 2.05) is 31.2 Å². The third-order valence-corrected chi connectivity index (χ3v) is 3.76. The monoisotopic (exact) mass is 347 g/mol. The molecule has 1 heterocycles. The van der Waals surface area contributed by atoms with Gasteiger partial charge in [0.05, 0.1) is 0 Å². The summed E-state index contributed by atoms with van der Waals surface area (Å²) < 4.78 is 0. The predicted molar refractivity (Wildman–Crippen MR) is 102 cm³/mol. The van der Waals surface area contributed by atoms with Crippen LogP contribution in [0.3, 0.4) is 0 Å². The summed E-state index contributed by atoms with van der Waals surface area (Å²) >= 11 is 6.01. The second-order valence-electron chi connectivity index (χ2n) is 6.11. The van der Waals surface area contributed by atoms with Crippen LogP contribution >= 0.6 is 11.6 Å². The molecule has 0 radical (unpaired) electrons. The van der Waals surface area contributed by atoms with Gasteiger partial charge in [-0.15, -0.1) is 0 Å². The van der Waals surface area contributed by atoms with E-state index < -0.39 is 0 Å². The smallest absolute Gasteiger partial charge is 0.224 e. The quantitative estimate of drug-likeness (QED) is 0.680. The molecule has 0 bridgehead atoms. The predicted octanol–water partition coefficient (Wildman–Crippen LogP) is 3.46. The van der Waals surface area contributed by atoms with Crippen molar-refractivity contribution < 1.29 is 0 Å². The fourth-order valence-corrected chi connectivity index (χ4v) is 2.57. The van der Waals surface area contributed by atoms with Crippen LogP contribution in [0.4, 0.5) is 11.8 Å². The molecule has 0 fully saturated rings. The third kappa shape index (κ3) is 6.72. The molecule has 0 unspecified atom stereocenters. The maximum atomic E-state index is 6.01. The Balaban J connectivity index is 1.84. The van der Waals surface area contributed by atoms with Gasteiger partial charge in [0.25, 0.3) is 0 Å². The standard InChI is InChI=1S/C18H26ClN5/c1-14-12-17(20-10-8-15-6-4-7-16(19)13-15)23-18(22-14)21-9-5-11-24(2)3/h4,6-7,12-13H,5,8-11H2,1-3H3,(H2,20,21,22,23). The van der Waals surface area contributed by atoms with Gasteiger partial charge in [-0.3, -0.25) is 0 Å². The molecule has 24 heavy (non-hydrogen) atoms. The molecule has 1 aromatic carbocycles. The lowest BCUT2D eigenvalue weighted by Gasteiger charge is -2.12. The molecule has 0 saturated carbocycles. The lowest BCUT2D eigenvalue weighted by Crippen LogP contribution is -2.17. The molecular weight excluding hydrogens is 322 g/mol. The number of aromatic nitrogens is 2. The second kappa shape index (κ2) is 9.45. The summed E-state index contributed by atoms with van der Waals surface area (Å²) in [4.78, 5) is 11.1. The molecule has 130 valence electrons. The Morgan fingerprint density at radius 1 is 1.08 bits per heavy atom. The van der Waals surface area contributed by atoms with Crippen LogP contribution in [0.15, 0.2) is 30.3 Å². The van der Waals surface area contributed by atoms with Crippen molar-refractivity contribution in [2.24, 2.45) is 0 Å². The number of hydrogen-bond acceptors (Lipinski definition) is 5. The van der Waals surface area contributed by atoms with Gasteiger partial charge in [0.2, 0.25) is 5.95 Å². The maximum Gasteiger partial charge on any atom is 0.224 e. The van der Waals surface area contributed by atoms with Gasteiger partial charge in [0, 0.05) is 29.9 Å². The Labute approximate surface area is 149 Å². The SMILES string of the molecule is Cc1cc(NCCc2cccc(Cl)c2)nc(NCCCN(C)C)n1. The van der Waals surface area contributed by atoms with Crippen LogP contribution in [0, 0.1) is 6.92 Å². The summed E-state index contributed by atoms with van der Waals surface area (Å²) in [5, 5.41) is 7.42. The lowest BCUT2D eigenvalue weighted by molar-refractivity contribution is 0.405. The number of halogens is 1. The number of hydrogen-bond donors (Lipinski definition) is 2. The Bertz CT molecular complexity index is 645. The summed E-state index contributed by atoms with van der Waals surface area (Å²) in [5.41, 5.74) is 2.16. The summed E-state index contributed by atoms with van der Waals surface area (Å²) in [7, 11) is 4.15. The van der Waals surface area contributed by atoms with Crippen LogP contribution in [0.2, 0.25) is 5.02 Å². The van der Waals surface area contributed by atoms with E-state index in [4.69, 9.17) is 11.6 Å². The summed E-state index contributed by atoms with van der Waals surface area (Å²) in [6, 6.07) is 9.90. The van der Waals surface area contributed by atoms with Crippen molar-refractivity contribution >= 4 is 23.4 Å². The van der Waals surface area contributed by atoms with Gasteiger partial charge >= 0.3 is 0 Å². The van der Waals surface area contributed by atoms with E-state index in [9.17, 15) is 0 Å². The number of nitrogens with zero attached hydrogens (tertiary/aromatic N) is 3. The minimum Gasteiger partial charge on any atom is -0.370 e. The Morgan fingerprint density at radius 3 is 2.67 bits per heavy atom. The van der Waals surface area contributed by atoms with Crippen LogP contribution < -0.4 is 10.6 Å². The number of rotatable bonds is 9. The zero-order chi connectivity index (χ0) is 17.4. The van der Waals surface area contributed by atoms with Crippen molar-refractivity contribution in [3.8, 4) is 0 Å². The van der Waals surface area contributed by atoms with Crippen molar-refractivity contribution in [2.75, 3.05) is 44.4 Å². The normalized spacial score (nSPS) is 10.9. The molecule has 6 heteroatoms. The molecule has 0 saturated heterocycles. The average molecular weight is 348 g/mol. The molecule has 0 atom stereocenters. The van der Waals surface area contributed by atoms with Crippen LogP contribution in [0.1, 0.15) is 17.7 Å². The van der Waals surface area contributed by atoms with Gasteiger partial charge in [-0.1, -0.05) is 23.7 Å². The Morgan fingerprint density at radius 2 is 1.92 bits per heavy atom. The number of benzene rings is 1. The highest BCUT2D eigenvalue weighted by Gasteiger charge is 2.02. The Hall–Kier alpha value is -1.85. The molecule has 1 aromatic heterocycles. The van der Waals surface area contributed by atoms with Crippen molar-refractivity contribution in [1.29, 1.82) is 0 Å². The minimum absolute atomic E-state index is 0.680. The molecule has 2 N–H and O–H groups in total.